The van der Waals surface area contributed by atoms with Crippen molar-refractivity contribution in [2.75, 3.05) is 18.4 Å². The van der Waals surface area contributed by atoms with E-state index >= 15 is 0 Å². The average molecular weight is 410 g/mol. The van der Waals surface area contributed by atoms with Crippen molar-refractivity contribution in [3.05, 3.63) is 64.7 Å². The van der Waals surface area contributed by atoms with Gasteiger partial charge in [-0.15, -0.1) is 0 Å². The summed E-state index contributed by atoms with van der Waals surface area (Å²) in [4.78, 5) is 33.2. The van der Waals surface area contributed by atoms with Crippen LogP contribution in [0.4, 0.5) is 5.69 Å². The van der Waals surface area contributed by atoms with Crippen molar-refractivity contribution < 1.29 is 24.6 Å². The highest BCUT2D eigenvalue weighted by Crippen LogP contribution is 2.32. The van der Waals surface area contributed by atoms with Gasteiger partial charge in [-0.1, -0.05) is 18.2 Å². The largest absolute Gasteiger partial charge is 0.478 e. The van der Waals surface area contributed by atoms with Crippen LogP contribution in [-0.2, 0) is 11.2 Å². The fourth-order valence-corrected chi connectivity index (χ4v) is 4.03. The van der Waals surface area contributed by atoms with Gasteiger partial charge >= 0.3 is 11.9 Å². The molecular formula is C23H26N2O5. The highest BCUT2D eigenvalue weighted by molar-refractivity contribution is 5.96. The minimum atomic E-state index is -1.12. The number of aromatic carboxylic acids is 2. The summed E-state index contributed by atoms with van der Waals surface area (Å²) in [6.45, 7) is 3.76. The Labute approximate surface area is 175 Å². The van der Waals surface area contributed by atoms with Gasteiger partial charge in [0.05, 0.1) is 11.1 Å². The van der Waals surface area contributed by atoms with Crippen LogP contribution in [0.25, 0.3) is 0 Å². The monoisotopic (exact) mass is 410 g/mol. The van der Waals surface area contributed by atoms with E-state index in [2.05, 4.69) is 22.8 Å². The molecule has 30 heavy (non-hydrogen) atoms. The van der Waals surface area contributed by atoms with E-state index in [1.165, 1.54) is 17.7 Å². The second-order valence-corrected chi connectivity index (χ2v) is 7.74. The standard InChI is InChI=1S/C14H18N2O.C9H8O4/c17-14-12(10-5-7-15-8-6-10)9-11-3-1-2-4-13(11)16-14;1-5-2-6(8(10)11)4-7(3-5)9(12)13/h1-4,10,12,15H,5-9H2,(H,16,17);2-4H,1H3,(H,10,11)(H,12,13). The highest BCUT2D eigenvalue weighted by Gasteiger charge is 2.33. The fraction of sp³-hybridized carbons (Fsp3) is 0.348. The van der Waals surface area contributed by atoms with Gasteiger partial charge in [-0.25, -0.2) is 9.59 Å². The van der Waals surface area contributed by atoms with Crippen molar-refractivity contribution in [3.8, 4) is 0 Å². The molecule has 0 aromatic heterocycles. The van der Waals surface area contributed by atoms with Crippen LogP contribution in [0.1, 0.15) is 44.7 Å². The Morgan fingerprint density at radius 3 is 2.17 bits per heavy atom. The first kappa shape index (κ1) is 21.5. The first-order chi connectivity index (χ1) is 14.3. The van der Waals surface area contributed by atoms with Gasteiger partial charge in [-0.2, -0.15) is 0 Å². The Hall–Kier alpha value is -3.19. The molecule has 2 aromatic rings. The molecule has 1 amide bonds. The summed E-state index contributed by atoms with van der Waals surface area (Å²) in [6.07, 6.45) is 3.16. The lowest BCUT2D eigenvalue weighted by Crippen LogP contribution is -2.40. The van der Waals surface area contributed by atoms with Crippen molar-refractivity contribution in [1.82, 2.24) is 5.32 Å². The van der Waals surface area contributed by atoms with Crippen LogP contribution in [0, 0.1) is 18.8 Å². The van der Waals surface area contributed by atoms with Crippen LogP contribution in [-0.4, -0.2) is 41.1 Å². The predicted octanol–water partition coefficient (Wildman–Crippen LogP) is 3.19. The number of anilines is 1. The zero-order valence-corrected chi connectivity index (χ0v) is 16.9. The number of amides is 1. The van der Waals surface area contributed by atoms with Gasteiger partial charge < -0.3 is 20.8 Å². The normalized spacial score (nSPS) is 18.4. The van der Waals surface area contributed by atoms with E-state index in [4.69, 9.17) is 10.2 Å². The van der Waals surface area contributed by atoms with Crippen molar-refractivity contribution in [1.29, 1.82) is 0 Å². The second-order valence-electron chi connectivity index (χ2n) is 7.74. The Balaban J connectivity index is 0.000000178. The first-order valence-electron chi connectivity index (χ1n) is 10.0. The number of carboxylic acids is 2. The third-order valence-electron chi connectivity index (χ3n) is 5.58. The number of carboxylic acid groups (broad SMARTS) is 2. The maximum atomic E-state index is 12.1. The SMILES string of the molecule is Cc1cc(C(=O)O)cc(C(=O)O)c1.O=C1Nc2ccccc2CC1C1CCNCC1. The molecule has 1 saturated heterocycles. The summed E-state index contributed by atoms with van der Waals surface area (Å²) in [6, 6.07) is 12.1. The number of rotatable bonds is 3. The molecule has 2 aliphatic heterocycles. The molecule has 1 fully saturated rings. The number of carbonyl (C=O) groups is 3. The van der Waals surface area contributed by atoms with E-state index in [9.17, 15) is 14.4 Å². The number of para-hydroxylation sites is 1. The lowest BCUT2D eigenvalue weighted by atomic mass is 9.78. The summed E-state index contributed by atoms with van der Waals surface area (Å²) in [7, 11) is 0. The van der Waals surface area contributed by atoms with Gasteiger partial charge in [0.1, 0.15) is 0 Å². The quantitative estimate of drug-likeness (QED) is 0.618. The van der Waals surface area contributed by atoms with Crippen LogP contribution in [0.15, 0.2) is 42.5 Å². The average Bonchev–Trinajstić information content (AvgIpc) is 2.74. The van der Waals surface area contributed by atoms with E-state index in [0.29, 0.717) is 11.5 Å². The van der Waals surface area contributed by atoms with Gasteiger partial charge in [-0.3, -0.25) is 4.79 Å². The Kier molecular flexibility index (Phi) is 6.84. The van der Waals surface area contributed by atoms with Crippen LogP contribution in [0.3, 0.4) is 0 Å². The van der Waals surface area contributed by atoms with Crippen LogP contribution in [0.2, 0.25) is 0 Å². The maximum Gasteiger partial charge on any atom is 0.335 e. The second kappa shape index (κ2) is 9.54. The molecule has 158 valence electrons. The fourth-order valence-electron chi connectivity index (χ4n) is 4.03. The summed E-state index contributed by atoms with van der Waals surface area (Å²) < 4.78 is 0. The number of hydrogen-bond acceptors (Lipinski definition) is 4. The summed E-state index contributed by atoms with van der Waals surface area (Å²) in [5.41, 5.74) is 2.91. The van der Waals surface area contributed by atoms with Gasteiger partial charge in [0.15, 0.2) is 0 Å². The minimum Gasteiger partial charge on any atom is -0.478 e. The summed E-state index contributed by atoms with van der Waals surface area (Å²) >= 11 is 0. The number of piperidine rings is 1. The van der Waals surface area contributed by atoms with Gasteiger partial charge in [-0.05, 0) is 80.6 Å². The molecule has 2 aromatic carbocycles. The summed E-state index contributed by atoms with van der Waals surface area (Å²) in [5.74, 6) is -1.30. The van der Waals surface area contributed by atoms with Gasteiger partial charge in [0.2, 0.25) is 5.91 Å². The molecule has 0 aliphatic carbocycles. The molecule has 0 spiro atoms. The third kappa shape index (κ3) is 5.24. The zero-order valence-electron chi connectivity index (χ0n) is 16.9. The maximum absolute atomic E-state index is 12.1. The molecule has 7 nitrogen and oxygen atoms in total. The van der Waals surface area contributed by atoms with E-state index in [0.717, 1.165) is 44.1 Å². The molecule has 4 N–H and O–H groups in total. The van der Waals surface area contributed by atoms with Gasteiger partial charge in [0.25, 0.3) is 0 Å². The molecule has 2 heterocycles. The molecular weight excluding hydrogens is 384 g/mol. The zero-order chi connectivity index (χ0) is 21.7. The van der Waals surface area contributed by atoms with Crippen molar-refractivity contribution in [3.63, 3.8) is 0 Å². The molecule has 0 bridgehead atoms. The smallest absolute Gasteiger partial charge is 0.335 e. The molecule has 1 atom stereocenters. The number of fused-ring (bicyclic) bond motifs is 1. The van der Waals surface area contributed by atoms with E-state index < -0.39 is 11.9 Å². The predicted molar refractivity (Wildman–Crippen MR) is 113 cm³/mol. The Morgan fingerprint density at radius 1 is 0.967 bits per heavy atom. The first-order valence-corrected chi connectivity index (χ1v) is 10.0. The highest BCUT2D eigenvalue weighted by atomic mass is 16.4. The number of benzene rings is 2. The molecule has 0 saturated carbocycles. The van der Waals surface area contributed by atoms with Crippen LogP contribution in [0.5, 0.6) is 0 Å². The molecule has 1 unspecified atom stereocenters. The minimum absolute atomic E-state index is 0.00241. The number of hydrogen-bond donors (Lipinski definition) is 4. The lowest BCUT2D eigenvalue weighted by Gasteiger charge is -2.33. The topological polar surface area (TPSA) is 116 Å². The third-order valence-corrected chi connectivity index (χ3v) is 5.58. The number of aryl methyl sites for hydroxylation is 1. The van der Waals surface area contributed by atoms with E-state index in [1.54, 1.807) is 6.92 Å². The lowest BCUT2D eigenvalue weighted by molar-refractivity contribution is -0.122. The van der Waals surface area contributed by atoms with Crippen LogP contribution >= 0.6 is 0 Å². The molecule has 0 radical (unpaired) electrons. The van der Waals surface area contributed by atoms with Crippen molar-refractivity contribution in [2.24, 2.45) is 11.8 Å². The Morgan fingerprint density at radius 2 is 1.57 bits per heavy atom. The molecule has 7 heteroatoms. The van der Waals surface area contributed by atoms with E-state index in [1.807, 2.05) is 12.1 Å². The number of nitrogens with one attached hydrogen (secondary N) is 2. The molecule has 4 rings (SSSR count). The van der Waals surface area contributed by atoms with Crippen molar-refractivity contribution >= 4 is 23.5 Å². The van der Waals surface area contributed by atoms with E-state index in [-0.39, 0.29) is 23.0 Å². The number of carbonyl (C=O) groups excluding carboxylic acids is 1. The van der Waals surface area contributed by atoms with Crippen molar-refractivity contribution in [2.45, 2.75) is 26.2 Å². The molecule has 2 aliphatic rings. The van der Waals surface area contributed by atoms with Gasteiger partial charge in [0, 0.05) is 11.6 Å². The van der Waals surface area contributed by atoms with Crippen LogP contribution < -0.4 is 10.6 Å². The summed E-state index contributed by atoms with van der Waals surface area (Å²) in [5, 5.41) is 23.6. The Bertz CT molecular complexity index is 918.